The first-order chi connectivity index (χ1) is 6.88. The largest absolute Gasteiger partial charge is 0.390 e. The van der Waals surface area contributed by atoms with Crippen molar-refractivity contribution in [1.82, 2.24) is 9.80 Å². The predicted molar refractivity (Wildman–Crippen MR) is 64.1 cm³/mol. The zero-order chi connectivity index (χ0) is 11.5. The molecule has 1 heterocycles. The fourth-order valence-corrected chi connectivity index (χ4v) is 2.09. The van der Waals surface area contributed by atoms with Crippen LogP contribution in [0.4, 0.5) is 0 Å². The number of hydrogen-bond donors (Lipinski definition) is 1. The molecule has 1 aliphatic heterocycles. The SMILES string of the molecule is CN(C)C1CCCN(CCC(C)(C)O)C1. The maximum absolute atomic E-state index is 9.69. The summed E-state index contributed by atoms with van der Waals surface area (Å²) in [6.07, 6.45) is 3.47. The highest BCUT2D eigenvalue weighted by Gasteiger charge is 2.22. The lowest BCUT2D eigenvalue weighted by Gasteiger charge is -2.37. The highest BCUT2D eigenvalue weighted by molar-refractivity contribution is 4.79. The molecule has 1 unspecified atom stereocenters. The van der Waals surface area contributed by atoms with Crippen molar-refractivity contribution in [2.75, 3.05) is 33.7 Å². The number of rotatable bonds is 4. The second kappa shape index (κ2) is 5.28. The van der Waals surface area contributed by atoms with Gasteiger partial charge in [-0.05, 0) is 53.8 Å². The average Bonchev–Trinajstić information content (AvgIpc) is 2.14. The zero-order valence-corrected chi connectivity index (χ0v) is 10.7. The van der Waals surface area contributed by atoms with Crippen molar-refractivity contribution in [2.24, 2.45) is 0 Å². The van der Waals surface area contributed by atoms with Crippen LogP contribution in [0.25, 0.3) is 0 Å². The molecule has 0 aromatic carbocycles. The Kier molecular flexibility index (Phi) is 4.56. The molecule has 0 radical (unpaired) electrons. The number of aliphatic hydroxyl groups is 1. The van der Waals surface area contributed by atoms with Crippen molar-refractivity contribution in [3.05, 3.63) is 0 Å². The number of likely N-dealkylation sites (N-methyl/N-ethyl adjacent to an activating group) is 1. The van der Waals surface area contributed by atoms with Crippen LogP contribution in [0.15, 0.2) is 0 Å². The number of hydrogen-bond acceptors (Lipinski definition) is 3. The molecule has 0 aromatic heterocycles. The Labute approximate surface area is 94.1 Å². The van der Waals surface area contributed by atoms with Crippen molar-refractivity contribution in [2.45, 2.75) is 44.8 Å². The van der Waals surface area contributed by atoms with Gasteiger partial charge in [-0.15, -0.1) is 0 Å². The third kappa shape index (κ3) is 4.96. The van der Waals surface area contributed by atoms with Crippen LogP contribution in [0.1, 0.15) is 33.1 Å². The molecule has 0 aliphatic carbocycles. The van der Waals surface area contributed by atoms with Crippen molar-refractivity contribution < 1.29 is 5.11 Å². The minimum Gasteiger partial charge on any atom is -0.390 e. The maximum atomic E-state index is 9.69. The summed E-state index contributed by atoms with van der Waals surface area (Å²) in [7, 11) is 4.31. The molecule has 0 aromatic rings. The zero-order valence-electron chi connectivity index (χ0n) is 10.7. The summed E-state index contributed by atoms with van der Waals surface area (Å²) >= 11 is 0. The van der Waals surface area contributed by atoms with Crippen molar-refractivity contribution in [1.29, 1.82) is 0 Å². The van der Waals surface area contributed by atoms with Gasteiger partial charge in [-0.25, -0.2) is 0 Å². The summed E-state index contributed by atoms with van der Waals surface area (Å²) < 4.78 is 0. The highest BCUT2D eigenvalue weighted by atomic mass is 16.3. The monoisotopic (exact) mass is 214 g/mol. The molecule has 0 amide bonds. The van der Waals surface area contributed by atoms with Gasteiger partial charge in [0.15, 0.2) is 0 Å². The molecule has 3 nitrogen and oxygen atoms in total. The normalized spacial score (nSPS) is 24.8. The van der Waals surface area contributed by atoms with Gasteiger partial charge in [-0.1, -0.05) is 0 Å². The van der Waals surface area contributed by atoms with Gasteiger partial charge in [0.1, 0.15) is 0 Å². The third-order valence-electron chi connectivity index (χ3n) is 3.25. The van der Waals surface area contributed by atoms with E-state index in [4.69, 9.17) is 0 Å². The van der Waals surface area contributed by atoms with E-state index in [-0.39, 0.29) is 0 Å². The van der Waals surface area contributed by atoms with Gasteiger partial charge in [0.05, 0.1) is 5.60 Å². The van der Waals surface area contributed by atoms with Crippen LogP contribution >= 0.6 is 0 Å². The molecule has 0 spiro atoms. The Balaban J connectivity index is 2.30. The molecular weight excluding hydrogens is 188 g/mol. The summed E-state index contributed by atoms with van der Waals surface area (Å²) in [6, 6.07) is 0.695. The number of piperidine rings is 1. The van der Waals surface area contributed by atoms with Gasteiger partial charge in [0.2, 0.25) is 0 Å². The second-order valence-electron chi connectivity index (χ2n) is 5.62. The fourth-order valence-electron chi connectivity index (χ4n) is 2.09. The van der Waals surface area contributed by atoms with E-state index in [2.05, 4.69) is 23.9 Å². The summed E-state index contributed by atoms with van der Waals surface area (Å²) in [5.74, 6) is 0. The number of nitrogens with zero attached hydrogens (tertiary/aromatic N) is 2. The lowest BCUT2D eigenvalue weighted by Crippen LogP contribution is -2.46. The van der Waals surface area contributed by atoms with E-state index in [0.29, 0.717) is 6.04 Å². The molecule has 0 saturated carbocycles. The molecule has 1 saturated heterocycles. The first-order valence-corrected chi connectivity index (χ1v) is 5.99. The molecule has 15 heavy (non-hydrogen) atoms. The molecule has 0 bridgehead atoms. The average molecular weight is 214 g/mol. The van der Waals surface area contributed by atoms with Crippen LogP contribution in [0.2, 0.25) is 0 Å². The Morgan fingerprint density at radius 3 is 2.60 bits per heavy atom. The third-order valence-corrected chi connectivity index (χ3v) is 3.25. The lowest BCUT2D eigenvalue weighted by atomic mass is 10.0. The maximum Gasteiger partial charge on any atom is 0.0603 e. The standard InChI is InChI=1S/C12H26N2O/c1-12(2,15)7-9-14-8-5-6-11(10-14)13(3)4/h11,15H,5-10H2,1-4H3. The minimum absolute atomic E-state index is 0.523. The van der Waals surface area contributed by atoms with E-state index >= 15 is 0 Å². The first-order valence-electron chi connectivity index (χ1n) is 5.99. The Morgan fingerprint density at radius 2 is 2.07 bits per heavy atom. The van der Waals surface area contributed by atoms with Crippen LogP contribution in [0.3, 0.4) is 0 Å². The topological polar surface area (TPSA) is 26.7 Å². The molecule has 1 fully saturated rings. The molecule has 90 valence electrons. The smallest absolute Gasteiger partial charge is 0.0603 e. The number of likely N-dealkylation sites (tertiary alicyclic amines) is 1. The van der Waals surface area contributed by atoms with E-state index in [9.17, 15) is 5.11 Å². The Bertz CT molecular complexity index is 187. The molecular formula is C12H26N2O. The van der Waals surface area contributed by atoms with E-state index in [0.717, 1.165) is 19.5 Å². The molecule has 3 heteroatoms. The van der Waals surface area contributed by atoms with E-state index in [1.54, 1.807) is 0 Å². The highest BCUT2D eigenvalue weighted by Crippen LogP contribution is 2.16. The molecule has 1 aliphatic rings. The van der Waals surface area contributed by atoms with Crippen molar-refractivity contribution >= 4 is 0 Å². The van der Waals surface area contributed by atoms with Crippen LogP contribution in [0.5, 0.6) is 0 Å². The van der Waals surface area contributed by atoms with Gasteiger partial charge < -0.3 is 14.9 Å². The summed E-state index contributed by atoms with van der Waals surface area (Å²) in [5.41, 5.74) is -0.523. The van der Waals surface area contributed by atoms with E-state index in [1.807, 2.05) is 13.8 Å². The van der Waals surface area contributed by atoms with Crippen molar-refractivity contribution in [3.8, 4) is 0 Å². The van der Waals surface area contributed by atoms with Gasteiger partial charge in [-0.3, -0.25) is 0 Å². The van der Waals surface area contributed by atoms with Crippen LogP contribution in [-0.4, -0.2) is 60.3 Å². The summed E-state index contributed by atoms with van der Waals surface area (Å²) in [6.45, 7) is 7.15. The fraction of sp³-hybridized carbons (Fsp3) is 1.00. The van der Waals surface area contributed by atoms with Gasteiger partial charge in [0.25, 0.3) is 0 Å². The minimum atomic E-state index is -0.523. The van der Waals surface area contributed by atoms with Crippen LogP contribution < -0.4 is 0 Å². The second-order valence-corrected chi connectivity index (χ2v) is 5.62. The summed E-state index contributed by atoms with van der Waals surface area (Å²) in [4.78, 5) is 4.79. The van der Waals surface area contributed by atoms with Gasteiger partial charge >= 0.3 is 0 Å². The summed E-state index contributed by atoms with van der Waals surface area (Å²) in [5, 5.41) is 9.69. The van der Waals surface area contributed by atoms with Crippen molar-refractivity contribution in [3.63, 3.8) is 0 Å². The molecule has 1 atom stereocenters. The van der Waals surface area contributed by atoms with Gasteiger partial charge in [0, 0.05) is 19.1 Å². The first kappa shape index (κ1) is 12.9. The lowest BCUT2D eigenvalue weighted by molar-refractivity contribution is 0.0472. The Morgan fingerprint density at radius 1 is 1.40 bits per heavy atom. The quantitative estimate of drug-likeness (QED) is 0.761. The van der Waals surface area contributed by atoms with E-state index in [1.165, 1.54) is 19.4 Å². The van der Waals surface area contributed by atoms with E-state index < -0.39 is 5.60 Å². The molecule has 1 N–H and O–H groups in total. The van der Waals surface area contributed by atoms with Gasteiger partial charge in [-0.2, -0.15) is 0 Å². The Hall–Kier alpha value is -0.120. The van der Waals surface area contributed by atoms with Crippen LogP contribution in [0, 0.1) is 0 Å². The van der Waals surface area contributed by atoms with Crippen LogP contribution in [-0.2, 0) is 0 Å². The predicted octanol–water partition coefficient (Wildman–Crippen LogP) is 1.17. The molecule has 1 rings (SSSR count).